The predicted octanol–water partition coefficient (Wildman–Crippen LogP) is 4.19. The minimum Gasteiger partial charge on any atom is -0.497 e. The number of ether oxygens (including phenoxy) is 1. The van der Waals surface area contributed by atoms with Crippen LogP contribution < -0.4 is 4.74 Å². The van der Waals surface area contributed by atoms with Crippen molar-refractivity contribution in [2.24, 2.45) is 5.92 Å². The second kappa shape index (κ2) is 5.60. The number of hydrogen-bond acceptors (Lipinski definition) is 5. The van der Waals surface area contributed by atoms with Gasteiger partial charge in [-0.05, 0) is 29.9 Å². The Bertz CT molecular complexity index is 711. The number of hydrogen-bond donors (Lipinski definition) is 1. The largest absolute Gasteiger partial charge is 0.497 e. The van der Waals surface area contributed by atoms with Gasteiger partial charge in [0.15, 0.2) is 3.95 Å². The molecule has 0 bridgehead atoms. The first-order valence-electron chi connectivity index (χ1n) is 6.12. The van der Waals surface area contributed by atoms with E-state index in [9.17, 15) is 5.26 Å². The molecule has 1 aliphatic heterocycles. The monoisotopic (exact) mass is 320 g/mol. The SMILES string of the molecule is COc1ccc(C2c3sc(=S)[nH]c3SCC2C#N)cc1. The highest BCUT2D eigenvalue weighted by atomic mass is 32.2. The summed E-state index contributed by atoms with van der Waals surface area (Å²) in [5, 5.41) is 10.6. The van der Waals surface area contributed by atoms with Crippen LogP contribution in [0.4, 0.5) is 0 Å². The molecule has 6 heteroatoms. The van der Waals surface area contributed by atoms with Crippen LogP contribution in [0.3, 0.4) is 0 Å². The number of rotatable bonds is 2. The fraction of sp³-hybridized carbons (Fsp3) is 0.286. The Morgan fingerprint density at radius 2 is 2.15 bits per heavy atom. The van der Waals surface area contributed by atoms with Crippen LogP contribution in [0.1, 0.15) is 16.4 Å². The molecular formula is C14H12N2OS3. The Morgan fingerprint density at radius 1 is 1.40 bits per heavy atom. The highest BCUT2D eigenvalue weighted by molar-refractivity contribution is 7.99. The number of H-pyrrole nitrogens is 1. The molecule has 0 aliphatic carbocycles. The molecule has 0 amide bonds. The van der Waals surface area contributed by atoms with Crippen molar-refractivity contribution in [2.45, 2.75) is 10.9 Å². The molecule has 1 N–H and O–H groups in total. The van der Waals surface area contributed by atoms with Gasteiger partial charge in [-0.1, -0.05) is 12.1 Å². The normalized spacial score (nSPS) is 21.0. The molecule has 0 spiro atoms. The zero-order valence-electron chi connectivity index (χ0n) is 10.8. The fourth-order valence-electron chi connectivity index (χ4n) is 2.40. The van der Waals surface area contributed by atoms with Gasteiger partial charge in [-0.25, -0.2) is 0 Å². The van der Waals surface area contributed by atoms with Crippen LogP contribution in [0.15, 0.2) is 29.3 Å². The van der Waals surface area contributed by atoms with Crippen molar-refractivity contribution in [3.05, 3.63) is 38.7 Å². The second-order valence-corrected chi connectivity index (χ2v) is 7.25. The molecule has 2 unspecified atom stereocenters. The van der Waals surface area contributed by atoms with Gasteiger partial charge < -0.3 is 9.72 Å². The Hall–Kier alpha value is -1.29. The average Bonchev–Trinajstić information content (AvgIpc) is 2.86. The highest BCUT2D eigenvalue weighted by Gasteiger charge is 2.33. The van der Waals surface area contributed by atoms with Crippen LogP contribution in [-0.2, 0) is 0 Å². The van der Waals surface area contributed by atoms with Crippen molar-refractivity contribution >= 4 is 35.3 Å². The highest BCUT2D eigenvalue weighted by Crippen LogP contribution is 2.46. The van der Waals surface area contributed by atoms with Gasteiger partial charge in [-0.15, -0.1) is 23.1 Å². The lowest BCUT2D eigenvalue weighted by Gasteiger charge is -2.26. The third-order valence-electron chi connectivity index (χ3n) is 3.37. The van der Waals surface area contributed by atoms with Gasteiger partial charge in [-0.2, -0.15) is 5.26 Å². The Balaban J connectivity index is 2.08. The van der Waals surface area contributed by atoms with Crippen LogP contribution in [0.25, 0.3) is 0 Å². The molecule has 2 atom stereocenters. The van der Waals surface area contributed by atoms with E-state index >= 15 is 0 Å². The van der Waals surface area contributed by atoms with Gasteiger partial charge in [0, 0.05) is 16.5 Å². The Kier molecular flexibility index (Phi) is 3.83. The molecule has 2 aromatic rings. The van der Waals surface area contributed by atoms with Crippen molar-refractivity contribution < 1.29 is 4.74 Å². The topological polar surface area (TPSA) is 48.8 Å². The summed E-state index contributed by atoms with van der Waals surface area (Å²) in [6.07, 6.45) is 0. The second-order valence-electron chi connectivity index (χ2n) is 4.51. The lowest BCUT2D eigenvalue weighted by molar-refractivity contribution is 0.414. The van der Waals surface area contributed by atoms with Crippen LogP contribution in [0.2, 0.25) is 0 Å². The van der Waals surface area contributed by atoms with Crippen molar-refractivity contribution in [3.63, 3.8) is 0 Å². The zero-order valence-corrected chi connectivity index (χ0v) is 13.2. The van der Waals surface area contributed by atoms with E-state index in [0.29, 0.717) is 0 Å². The number of nitriles is 1. The smallest absolute Gasteiger partial charge is 0.159 e. The van der Waals surface area contributed by atoms with E-state index in [4.69, 9.17) is 17.0 Å². The van der Waals surface area contributed by atoms with Crippen LogP contribution in [0, 0.1) is 21.2 Å². The molecule has 0 fully saturated rings. The lowest BCUT2D eigenvalue weighted by atomic mass is 9.86. The van der Waals surface area contributed by atoms with Gasteiger partial charge >= 0.3 is 0 Å². The fourth-order valence-corrected chi connectivity index (χ4v) is 5.18. The van der Waals surface area contributed by atoms with Crippen molar-refractivity contribution in [2.75, 3.05) is 12.9 Å². The quantitative estimate of drug-likeness (QED) is 0.843. The molecular weight excluding hydrogens is 308 g/mol. The molecule has 1 aromatic heterocycles. The van der Waals surface area contributed by atoms with Crippen LogP contribution in [0.5, 0.6) is 5.75 Å². The summed E-state index contributed by atoms with van der Waals surface area (Å²) in [7, 11) is 1.65. The predicted molar refractivity (Wildman–Crippen MR) is 84.2 cm³/mol. The molecule has 2 heterocycles. The molecule has 1 aliphatic rings. The van der Waals surface area contributed by atoms with Crippen molar-refractivity contribution in [1.82, 2.24) is 4.98 Å². The summed E-state index contributed by atoms with van der Waals surface area (Å²) in [6, 6.07) is 10.4. The Morgan fingerprint density at radius 3 is 2.80 bits per heavy atom. The number of thiazole rings is 1. The van der Waals surface area contributed by atoms with Crippen LogP contribution in [-0.4, -0.2) is 17.8 Å². The number of thioether (sulfide) groups is 1. The van der Waals surface area contributed by atoms with Crippen molar-refractivity contribution in [1.29, 1.82) is 5.26 Å². The van der Waals surface area contributed by atoms with E-state index in [2.05, 4.69) is 11.1 Å². The lowest BCUT2D eigenvalue weighted by Crippen LogP contribution is -2.18. The van der Waals surface area contributed by atoms with E-state index in [1.54, 1.807) is 30.2 Å². The summed E-state index contributed by atoms with van der Waals surface area (Å²) < 4.78 is 5.97. The first-order valence-corrected chi connectivity index (χ1v) is 8.33. The molecule has 0 saturated carbocycles. The molecule has 1 aromatic carbocycles. The number of nitrogens with one attached hydrogen (secondary N) is 1. The minimum atomic E-state index is -0.0256. The number of aromatic amines is 1. The first kappa shape index (κ1) is 13.7. The number of nitrogens with zero attached hydrogens (tertiary/aromatic N) is 1. The molecule has 20 heavy (non-hydrogen) atoms. The molecule has 102 valence electrons. The Labute approximate surface area is 130 Å². The number of benzene rings is 1. The minimum absolute atomic E-state index is 0.0256. The van der Waals surface area contributed by atoms with E-state index in [-0.39, 0.29) is 11.8 Å². The van der Waals surface area contributed by atoms with E-state index in [1.807, 2.05) is 24.3 Å². The summed E-state index contributed by atoms with van der Waals surface area (Å²) in [5.74, 6) is 1.69. The maximum absolute atomic E-state index is 9.44. The first-order chi connectivity index (χ1) is 9.72. The van der Waals surface area contributed by atoms with Gasteiger partial charge in [0.25, 0.3) is 0 Å². The van der Waals surface area contributed by atoms with Gasteiger partial charge in [0.1, 0.15) is 5.75 Å². The summed E-state index contributed by atoms with van der Waals surface area (Å²) in [4.78, 5) is 4.41. The van der Waals surface area contributed by atoms with Gasteiger partial charge in [0.2, 0.25) is 0 Å². The van der Waals surface area contributed by atoms with Gasteiger partial charge in [-0.3, -0.25) is 0 Å². The number of fused-ring (bicyclic) bond motifs is 1. The van der Waals surface area contributed by atoms with Gasteiger partial charge in [0.05, 0.1) is 24.1 Å². The summed E-state index contributed by atoms with van der Waals surface area (Å²) >= 11 is 8.51. The van der Waals surface area contributed by atoms with E-state index in [1.165, 1.54) is 4.88 Å². The molecule has 3 rings (SSSR count). The van der Waals surface area contributed by atoms with Crippen molar-refractivity contribution in [3.8, 4) is 11.8 Å². The molecule has 0 radical (unpaired) electrons. The van der Waals surface area contributed by atoms with E-state index < -0.39 is 0 Å². The molecule has 3 nitrogen and oxygen atoms in total. The third-order valence-corrected chi connectivity index (χ3v) is 5.96. The summed E-state index contributed by atoms with van der Waals surface area (Å²) in [6.45, 7) is 0. The van der Waals surface area contributed by atoms with Crippen LogP contribution >= 0.6 is 35.3 Å². The standard InChI is InChI=1S/C14H12N2OS3/c1-17-10-4-2-8(3-5-10)11-9(6-15)7-19-13-12(11)20-14(18)16-13/h2-5,9,11H,7H2,1H3,(H,16,18). The third kappa shape index (κ3) is 2.37. The average molecular weight is 320 g/mol. The number of methoxy groups -OCH3 is 1. The maximum Gasteiger partial charge on any atom is 0.159 e. The maximum atomic E-state index is 9.44. The van der Waals surface area contributed by atoms with E-state index in [0.717, 1.165) is 26.0 Å². The number of aromatic nitrogens is 1. The summed E-state index contributed by atoms with van der Waals surface area (Å²) in [5.41, 5.74) is 1.14. The molecule has 0 saturated heterocycles. The zero-order chi connectivity index (χ0) is 14.1.